The molecule has 0 bridgehead atoms. The van der Waals surface area contributed by atoms with Gasteiger partial charge in [0, 0.05) is 11.3 Å². The molecular formula is C13H15NO2S. The van der Waals surface area contributed by atoms with Crippen molar-refractivity contribution in [2.24, 2.45) is 0 Å². The molecule has 1 aliphatic rings. The molecule has 0 aromatic heterocycles. The molecular weight excluding hydrogens is 234 g/mol. The first-order valence-electron chi connectivity index (χ1n) is 5.62. The molecule has 1 aliphatic heterocycles. The van der Waals surface area contributed by atoms with Gasteiger partial charge in [-0.15, -0.1) is 0 Å². The molecule has 0 radical (unpaired) electrons. The van der Waals surface area contributed by atoms with Crippen LogP contribution in [0, 0.1) is 11.3 Å². The minimum absolute atomic E-state index is 0.270. The van der Waals surface area contributed by atoms with Crippen LogP contribution in [0.1, 0.15) is 12.0 Å². The fourth-order valence-corrected chi connectivity index (χ4v) is 2.99. The Kier molecular flexibility index (Phi) is 4.16. The van der Waals surface area contributed by atoms with E-state index in [1.807, 2.05) is 30.0 Å². The molecule has 0 amide bonds. The number of hydrogen-bond acceptors (Lipinski definition) is 4. The Morgan fingerprint density at radius 2 is 2.41 bits per heavy atom. The fraction of sp³-hybridized carbons (Fsp3) is 0.462. The third kappa shape index (κ3) is 2.86. The summed E-state index contributed by atoms with van der Waals surface area (Å²) >= 11 is 1.91. The highest BCUT2D eigenvalue weighted by Gasteiger charge is 2.19. The predicted octanol–water partition coefficient (Wildman–Crippen LogP) is 2.65. The zero-order valence-electron chi connectivity index (χ0n) is 9.81. The summed E-state index contributed by atoms with van der Waals surface area (Å²) in [5.74, 6) is 3.65. The minimum Gasteiger partial charge on any atom is -0.493 e. The molecule has 1 atom stereocenters. The number of rotatable bonds is 4. The van der Waals surface area contributed by atoms with E-state index in [1.54, 1.807) is 7.11 Å². The SMILES string of the molecule is COc1c(CC#N)cccc1OC1CCSC1. The van der Waals surface area contributed by atoms with Crippen molar-refractivity contribution in [3.63, 3.8) is 0 Å². The molecule has 1 heterocycles. The maximum absolute atomic E-state index is 8.77. The highest BCUT2D eigenvalue weighted by molar-refractivity contribution is 7.99. The number of para-hydroxylation sites is 1. The Morgan fingerprint density at radius 1 is 1.53 bits per heavy atom. The standard InChI is InChI=1S/C13H15NO2S/c1-15-13-10(5-7-14)3-2-4-12(13)16-11-6-8-17-9-11/h2-4,11H,5-6,8-9H2,1H3. The van der Waals surface area contributed by atoms with Gasteiger partial charge in [0.2, 0.25) is 0 Å². The number of methoxy groups -OCH3 is 1. The summed E-state index contributed by atoms with van der Waals surface area (Å²) in [6, 6.07) is 7.86. The van der Waals surface area contributed by atoms with Gasteiger partial charge in [-0.25, -0.2) is 0 Å². The molecule has 1 unspecified atom stereocenters. The van der Waals surface area contributed by atoms with Crippen LogP contribution in [0.2, 0.25) is 0 Å². The zero-order valence-corrected chi connectivity index (χ0v) is 10.6. The van der Waals surface area contributed by atoms with E-state index in [1.165, 1.54) is 0 Å². The summed E-state index contributed by atoms with van der Waals surface area (Å²) in [5.41, 5.74) is 0.887. The molecule has 0 N–H and O–H groups in total. The molecule has 3 nitrogen and oxygen atoms in total. The Labute approximate surface area is 106 Å². The van der Waals surface area contributed by atoms with Gasteiger partial charge in [0.05, 0.1) is 19.6 Å². The molecule has 0 aliphatic carbocycles. The lowest BCUT2D eigenvalue weighted by Gasteiger charge is -2.16. The highest BCUT2D eigenvalue weighted by Crippen LogP contribution is 2.34. The smallest absolute Gasteiger partial charge is 0.164 e. The Bertz CT molecular complexity index is 422. The van der Waals surface area contributed by atoms with Gasteiger partial charge in [-0.2, -0.15) is 17.0 Å². The molecule has 90 valence electrons. The normalized spacial score (nSPS) is 18.7. The molecule has 1 fully saturated rings. The number of hydrogen-bond donors (Lipinski definition) is 0. The van der Waals surface area contributed by atoms with Crippen molar-refractivity contribution >= 4 is 11.8 Å². The molecule has 4 heteroatoms. The number of thioether (sulfide) groups is 1. The Hall–Kier alpha value is -1.34. The van der Waals surface area contributed by atoms with Crippen molar-refractivity contribution in [2.45, 2.75) is 18.9 Å². The topological polar surface area (TPSA) is 42.2 Å². The van der Waals surface area contributed by atoms with Crippen LogP contribution in [0.5, 0.6) is 11.5 Å². The molecule has 1 aromatic carbocycles. The van der Waals surface area contributed by atoms with Crippen LogP contribution in [0.4, 0.5) is 0 Å². The number of nitrogens with zero attached hydrogens (tertiary/aromatic N) is 1. The van der Waals surface area contributed by atoms with Gasteiger partial charge in [-0.1, -0.05) is 12.1 Å². The number of benzene rings is 1. The maximum Gasteiger partial charge on any atom is 0.164 e. The van der Waals surface area contributed by atoms with E-state index in [9.17, 15) is 0 Å². The van der Waals surface area contributed by atoms with Crippen LogP contribution in [0.25, 0.3) is 0 Å². The quantitative estimate of drug-likeness (QED) is 0.822. The molecule has 1 aromatic rings. The van der Waals surface area contributed by atoms with E-state index in [-0.39, 0.29) is 6.10 Å². The molecule has 17 heavy (non-hydrogen) atoms. The summed E-state index contributed by atoms with van der Waals surface area (Å²) in [5, 5.41) is 8.77. The van der Waals surface area contributed by atoms with Crippen molar-refractivity contribution < 1.29 is 9.47 Å². The van der Waals surface area contributed by atoms with E-state index in [0.717, 1.165) is 29.2 Å². The second kappa shape index (κ2) is 5.83. The van der Waals surface area contributed by atoms with E-state index in [4.69, 9.17) is 14.7 Å². The largest absolute Gasteiger partial charge is 0.493 e. The van der Waals surface area contributed by atoms with Crippen LogP contribution >= 0.6 is 11.8 Å². The fourth-order valence-electron chi connectivity index (χ4n) is 1.90. The summed E-state index contributed by atoms with van der Waals surface area (Å²) in [6.45, 7) is 0. The van der Waals surface area contributed by atoms with Gasteiger partial charge in [-0.3, -0.25) is 0 Å². The number of nitriles is 1. The Morgan fingerprint density at radius 3 is 3.06 bits per heavy atom. The zero-order chi connectivity index (χ0) is 12.1. The lowest BCUT2D eigenvalue weighted by atomic mass is 10.1. The highest BCUT2D eigenvalue weighted by atomic mass is 32.2. The average Bonchev–Trinajstić information content (AvgIpc) is 2.83. The van der Waals surface area contributed by atoms with E-state index >= 15 is 0 Å². The van der Waals surface area contributed by atoms with Crippen molar-refractivity contribution in [3.8, 4) is 17.6 Å². The lowest BCUT2D eigenvalue weighted by molar-refractivity contribution is 0.218. The summed E-state index contributed by atoms with van der Waals surface area (Å²) in [4.78, 5) is 0. The van der Waals surface area contributed by atoms with Crippen molar-refractivity contribution in [1.29, 1.82) is 5.26 Å². The minimum atomic E-state index is 0.270. The number of ether oxygens (including phenoxy) is 2. The van der Waals surface area contributed by atoms with E-state index in [0.29, 0.717) is 12.2 Å². The molecule has 1 saturated heterocycles. The van der Waals surface area contributed by atoms with Gasteiger partial charge >= 0.3 is 0 Å². The summed E-state index contributed by atoms with van der Waals surface area (Å²) in [6.07, 6.45) is 1.70. The van der Waals surface area contributed by atoms with Gasteiger partial charge < -0.3 is 9.47 Å². The first-order chi connectivity index (χ1) is 8.35. The van der Waals surface area contributed by atoms with Crippen molar-refractivity contribution in [2.75, 3.05) is 18.6 Å². The molecule has 0 saturated carbocycles. The summed E-state index contributed by atoms with van der Waals surface area (Å²) < 4.78 is 11.3. The third-order valence-corrected chi connectivity index (χ3v) is 3.85. The predicted molar refractivity (Wildman–Crippen MR) is 68.7 cm³/mol. The monoisotopic (exact) mass is 249 g/mol. The van der Waals surface area contributed by atoms with Crippen molar-refractivity contribution in [3.05, 3.63) is 23.8 Å². The van der Waals surface area contributed by atoms with Crippen molar-refractivity contribution in [1.82, 2.24) is 0 Å². The van der Waals surface area contributed by atoms with Gasteiger partial charge in [0.15, 0.2) is 11.5 Å². The van der Waals surface area contributed by atoms with E-state index < -0.39 is 0 Å². The van der Waals surface area contributed by atoms with Crippen LogP contribution in [0.15, 0.2) is 18.2 Å². The lowest BCUT2D eigenvalue weighted by Crippen LogP contribution is -2.15. The second-order valence-electron chi connectivity index (χ2n) is 3.89. The average molecular weight is 249 g/mol. The van der Waals surface area contributed by atoms with E-state index in [2.05, 4.69) is 6.07 Å². The Balaban J connectivity index is 2.20. The van der Waals surface area contributed by atoms with Crippen LogP contribution < -0.4 is 9.47 Å². The first kappa shape index (κ1) is 12.1. The molecule has 2 rings (SSSR count). The maximum atomic E-state index is 8.77. The van der Waals surface area contributed by atoms with Gasteiger partial charge in [0.1, 0.15) is 6.10 Å². The van der Waals surface area contributed by atoms with Gasteiger partial charge in [0.25, 0.3) is 0 Å². The molecule has 0 spiro atoms. The van der Waals surface area contributed by atoms with Crippen LogP contribution in [-0.4, -0.2) is 24.7 Å². The first-order valence-corrected chi connectivity index (χ1v) is 6.78. The van der Waals surface area contributed by atoms with Crippen LogP contribution in [-0.2, 0) is 6.42 Å². The third-order valence-electron chi connectivity index (χ3n) is 2.72. The summed E-state index contributed by atoms with van der Waals surface area (Å²) in [7, 11) is 1.62. The van der Waals surface area contributed by atoms with Crippen LogP contribution in [0.3, 0.4) is 0 Å². The second-order valence-corrected chi connectivity index (χ2v) is 5.04. The van der Waals surface area contributed by atoms with Gasteiger partial charge in [-0.05, 0) is 18.2 Å².